The highest BCUT2D eigenvalue weighted by atomic mass is 35.5. The van der Waals surface area contributed by atoms with E-state index in [0.29, 0.717) is 15.8 Å². The molecule has 0 fully saturated rings. The van der Waals surface area contributed by atoms with Crippen molar-refractivity contribution >= 4 is 51.9 Å². The molecule has 3 atom stereocenters. The molecule has 200 valence electrons. The van der Waals surface area contributed by atoms with E-state index in [0.717, 1.165) is 11.1 Å². The van der Waals surface area contributed by atoms with Crippen molar-refractivity contribution in [3.8, 4) is 11.5 Å². The van der Waals surface area contributed by atoms with Gasteiger partial charge in [0.05, 0.1) is 15.9 Å². The van der Waals surface area contributed by atoms with Gasteiger partial charge in [-0.3, -0.25) is 4.79 Å². The fourth-order valence-electron chi connectivity index (χ4n) is 3.24. The number of alkyl halides is 1. The molecule has 0 saturated heterocycles. The normalized spacial score (nSPS) is 14.1. The summed E-state index contributed by atoms with van der Waals surface area (Å²) in [6.45, 7) is 5.67. The maximum atomic E-state index is 11.2. The Morgan fingerprint density at radius 1 is 1.06 bits per heavy atom. The summed E-state index contributed by atoms with van der Waals surface area (Å²) in [5.74, 6) is 0.172. The summed E-state index contributed by atoms with van der Waals surface area (Å²) < 4.78 is 41.3. The van der Waals surface area contributed by atoms with Gasteiger partial charge in [0.15, 0.2) is 16.8 Å². The molecule has 0 amide bonds. The first kappa shape index (κ1) is 30.6. The van der Waals surface area contributed by atoms with Crippen molar-refractivity contribution in [2.75, 3.05) is 31.6 Å². The maximum Gasteiger partial charge on any atom is 0.303 e. The number of rotatable bonds is 14. The van der Waals surface area contributed by atoms with Gasteiger partial charge in [-0.25, -0.2) is 4.21 Å². The highest BCUT2D eigenvalue weighted by molar-refractivity contribution is 7.79. The minimum Gasteiger partial charge on any atom is -0.491 e. The molecule has 3 N–H and O–H groups in total. The van der Waals surface area contributed by atoms with Gasteiger partial charge in [0.2, 0.25) is 0 Å². The molecule has 0 aliphatic rings. The summed E-state index contributed by atoms with van der Waals surface area (Å²) in [4.78, 5) is 11.2. The standard InChI is InChI=1S/C24H30Cl3NO7S/c1-15(29)35-19(10-25)12-33-23-21(26)8-17(9-22(23)27)24(2,3)16-4-6-18(7-5-16)32-13-20(11-28)34-14-36(30)31/h4-9,19-20H,10-14,28H2,1-3H3,(H,30,31). The quantitative estimate of drug-likeness (QED) is 0.186. The van der Waals surface area contributed by atoms with E-state index < -0.39 is 34.7 Å². The second-order valence-corrected chi connectivity index (χ2v) is 10.4. The van der Waals surface area contributed by atoms with E-state index in [1.165, 1.54) is 6.92 Å². The van der Waals surface area contributed by atoms with Crippen LogP contribution in [-0.4, -0.2) is 58.5 Å². The summed E-state index contributed by atoms with van der Waals surface area (Å²) in [6.07, 6.45) is -1.13. The van der Waals surface area contributed by atoms with Crippen LogP contribution in [0.1, 0.15) is 31.9 Å². The Hall–Kier alpha value is -1.59. The SMILES string of the molecule is CC(=O)OC(CCl)COc1c(Cl)cc(C(C)(C)c2ccc(OCC(CN)OCS(=O)O)cc2)cc1Cl. The molecule has 0 radical (unpaired) electrons. The van der Waals surface area contributed by atoms with Crippen molar-refractivity contribution in [2.45, 2.75) is 38.4 Å². The molecule has 0 spiro atoms. The first-order valence-electron chi connectivity index (χ1n) is 11.0. The fourth-order valence-corrected chi connectivity index (χ4v) is 4.30. The highest BCUT2D eigenvalue weighted by Gasteiger charge is 2.26. The van der Waals surface area contributed by atoms with Crippen molar-refractivity contribution in [1.82, 2.24) is 0 Å². The molecule has 3 unspecified atom stereocenters. The molecule has 8 nitrogen and oxygen atoms in total. The number of esters is 1. The molecule has 2 aromatic rings. The Balaban J connectivity index is 2.11. The Morgan fingerprint density at radius 3 is 2.14 bits per heavy atom. The summed E-state index contributed by atoms with van der Waals surface area (Å²) in [6, 6.07) is 11.0. The van der Waals surface area contributed by atoms with E-state index in [4.69, 9.17) is 64.0 Å². The molecule has 2 aromatic carbocycles. The number of hydrogen-bond donors (Lipinski definition) is 2. The molecule has 0 aliphatic heterocycles. The Bertz CT molecular complexity index is 1010. The average molecular weight is 583 g/mol. The van der Waals surface area contributed by atoms with Crippen LogP contribution in [-0.2, 0) is 30.8 Å². The van der Waals surface area contributed by atoms with Gasteiger partial charge in [-0.2, -0.15) is 0 Å². The van der Waals surface area contributed by atoms with Gasteiger partial charge in [0.1, 0.15) is 37.1 Å². The predicted molar refractivity (Wildman–Crippen MR) is 142 cm³/mol. The molecular formula is C24H30Cl3NO7S. The van der Waals surface area contributed by atoms with Gasteiger partial charge in [0.25, 0.3) is 0 Å². The summed E-state index contributed by atoms with van der Waals surface area (Å²) in [5.41, 5.74) is 7.00. The van der Waals surface area contributed by atoms with E-state index in [1.807, 2.05) is 38.1 Å². The number of carbonyl (C=O) groups is 1. The van der Waals surface area contributed by atoms with Gasteiger partial charge in [-0.05, 0) is 35.4 Å². The van der Waals surface area contributed by atoms with Gasteiger partial charge in [-0.1, -0.05) is 49.2 Å². The lowest BCUT2D eigenvalue weighted by Gasteiger charge is -2.27. The lowest BCUT2D eigenvalue weighted by atomic mass is 9.78. The van der Waals surface area contributed by atoms with Crippen molar-refractivity contribution in [2.24, 2.45) is 5.73 Å². The first-order chi connectivity index (χ1) is 17.0. The van der Waals surface area contributed by atoms with Crippen LogP contribution in [0.2, 0.25) is 10.0 Å². The Labute approximate surface area is 228 Å². The third-order valence-electron chi connectivity index (χ3n) is 5.32. The fraction of sp³-hybridized carbons (Fsp3) is 0.458. The summed E-state index contributed by atoms with van der Waals surface area (Å²) in [7, 11) is 0. The van der Waals surface area contributed by atoms with Crippen LogP contribution >= 0.6 is 34.8 Å². The third-order valence-corrected chi connectivity index (χ3v) is 6.56. The summed E-state index contributed by atoms with van der Waals surface area (Å²) >= 11 is 16.7. The molecule has 12 heteroatoms. The van der Waals surface area contributed by atoms with Crippen molar-refractivity contribution in [1.29, 1.82) is 0 Å². The van der Waals surface area contributed by atoms with Crippen molar-refractivity contribution in [3.05, 3.63) is 57.6 Å². The van der Waals surface area contributed by atoms with Crippen LogP contribution < -0.4 is 15.2 Å². The predicted octanol–water partition coefficient (Wildman–Crippen LogP) is 4.77. The second-order valence-electron chi connectivity index (χ2n) is 8.39. The molecule has 0 heterocycles. The minimum absolute atomic E-state index is 0.0145. The van der Waals surface area contributed by atoms with E-state index in [2.05, 4.69) is 0 Å². The Morgan fingerprint density at radius 2 is 1.64 bits per heavy atom. The van der Waals surface area contributed by atoms with Gasteiger partial charge in [0, 0.05) is 18.9 Å². The number of ether oxygens (including phenoxy) is 4. The highest BCUT2D eigenvalue weighted by Crippen LogP contribution is 2.40. The number of nitrogens with two attached hydrogens (primary N) is 1. The van der Waals surface area contributed by atoms with Crippen molar-refractivity contribution < 1.29 is 32.5 Å². The Kier molecular flexibility index (Phi) is 12.2. The molecule has 2 rings (SSSR count). The average Bonchev–Trinajstić information content (AvgIpc) is 2.82. The topological polar surface area (TPSA) is 117 Å². The largest absolute Gasteiger partial charge is 0.491 e. The zero-order valence-electron chi connectivity index (χ0n) is 20.2. The number of halogens is 3. The minimum atomic E-state index is -2.06. The maximum absolute atomic E-state index is 11.2. The first-order valence-corrected chi connectivity index (χ1v) is 13.5. The summed E-state index contributed by atoms with van der Waals surface area (Å²) in [5, 5.41) is 0.636. The lowest BCUT2D eigenvalue weighted by Crippen LogP contribution is -2.31. The van der Waals surface area contributed by atoms with Crippen LogP contribution in [0.4, 0.5) is 0 Å². The molecule has 0 bridgehead atoms. The van der Waals surface area contributed by atoms with Crippen LogP contribution in [0.5, 0.6) is 11.5 Å². The molecular weight excluding hydrogens is 553 g/mol. The smallest absolute Gasteiger partial charge is 0.303 e. The van der Waals surface area contributed by atoms with Crippen LogP contribution in [0.3, 0.4) is 0 Å². The molecule has 0 aliphatic carbocycles. The van der Waals surface area contributed by atoms with Gasteiger partial charge >= 0.3 is 5.97 Å². The van der Waals surface area contributed by atoms with Gasteiger partial charge in [-0.15, -0.1) is 11.6 Å². The molecule has 0 aromatic heterocycles. The van der Waals surface area contributed by atoms with Crippen LogP contribution in [0, 0.1) is 0 Å². The second kappa shape index (κ2) is 14.4. The van der Waals surface area contributed by atoms with E-state index >= 15 is 0 Å². The van der Waals surface area contributed by atoms with Crippen molar-refractivity contribution in [3.63, 3.8) is 0 Å². The third kappa shape index (κ3) is 9.06. The lowest BCUT2D eigenvalue weighted by molar-refractivity contribution is -0.146. The number of benzene rings is 2. The zero-order chi connectivity index (χ0) is 26.9. The van der Waals surface area contributed by atoms with E-state index in [9.17, 15) is 9.00 Å². The molecule has 36 heavy (non-hydrogen) atoms. The zero-order valence-corrected chi connectivity index (χ0v) is 23.3. The van der Waals surface area contributed by atoms with E-state index in [1.54, 1.807) is 12.1 Å². The molecule has 0 saturated carbocycles. The van der Waals surface area contributed by atoms with Gasteiger partial charge < -0.3 is 29.2 Å². The monoisotopic (exact) mass is 581 g/mol. The number of carbonyl (C=O) groups excluding carboxylic acids is 1. The van der Waals surface area contributed by atoms with Crippen LogP contribution in [0.25, 0.3) is 0 Å². The number of hydrogen-bond acceptors (Lipinski definition) is 7. The van der Waals surface area contributed by atoms with E-state index in [-0.39, 0.29) is 37.3 Å². The van der Waals surface area contributed by atoms with Crippen LogP contribution in [0.15, 0.2) is 36.4 Å².